The van der Waals surface area contributed by atoms with E-state index in [1.54, 1.807) is 0 Å². The summed E-state index contributed by atoms with van der Waals surface area (Å²) in [6, 6.07) is 2.70. The molecule has 1 fully saturated rings. The zero-order chi connectivity index (χ0) is 23.9. The summed E-state index contributed by atoms with van der Waals surface area (Å²) in [4.78, 5) is 39.8. The summed E-state index contributed by atoms with van der Waals surface area (Å²) in [5.41, 5.74) is 4.56. The number of rotatable bonds is 2. The molecular weight excluding hydrogens is 422 g/mol. The van der Waals surface area contributed by atoms with Crippen LogP contribution in [0.1, 0.15) is 17.5 Å². The van der Waals surface area contributed by atoms with E-state index >= 15 is 0 Å². The molecule has 9 N–H and O–H groups in total. The predicted molar refractivity (Wildman–Crippen MR) is 109 cm³/mol. The minimum absolute atomic E-state index is 0.0527. The third kappa shape index (κ3) is 2.47. The number of aromatic hydroxyl groups is 1. The fourth-order valence-electron chi connectivity index (χ4n) is 5.30. The molecule has 0 heterocycles. The van der Waals surface area contributed by atoms with Crippen LogP contribution in [0, 0.1) is 11.8 Å². The van der Waals surface area contributed by atoms with Crippen LogP contribution in [0.15, 0.2) is 35.1 Å². The van der Waals surface area contributed by atoms with Crippen molar-refractivity contribution in [3.8, 4) is 5.75 Å². The fourth-order valence-corrected chi connectivity index (χ4v) is 5.30. The van der Waals surface area contributed by atoms with E-state index in [1.807, 2.05) is 0 Å². The molecule has 0 bridgehead atoms. The molecule has 3 aliphatic carbocycles. The van der Waals surface area contributed by atoms with Crippen LogP contribution in [-0.4, -0.2) is 73.6 Å². The number of nitrogens with two attached hydrogens (primary N) is 2. The number of aliphatic hydroxyl groups excluding tert-OH is 2. The molecule has 0 radical (unpaired) electrons. The lowest BCUT2D eigenvalue weighted by atomic mass is 9.56. The standard InChI is InChI=1S/C21H23N3O8/c1-24(2)14-9-6-8-12(15(26)11-7(21(8,23)32)4-3-5-10(11)25)17(28)20(9,31)18(29)13(16(14)27)19(22)30/h3-5,8-9,14,25-26,29,31-32H,6,23H2,1-2H3,(H2,22,30)/t8-,9-,14-,20-,21?/m0/s1. The normalized spacial score (nSPS) is 34.4. The molecule has 32 heavy (non-hydrogen) atoms. The van der Waals surface area contributed by atoms with Crippen molar-refractivity contribution < 1.29 is 39.9 Å². The number of aliphatic hydroxyl groups is 4. The van der Waals surface area contributed by atoms with Crippen molar-refractivity contribution in [3.63, 3.8) is 0 Å². The second kappa shape index (κ2) is 6.62. The Morgan fingerprint density at radius 1 is 1.16 bits per heavy atom. The number of hydrogen-bond donors (Lipinski definition) is 7. The smallest absolute Gasteiger partial charge is 0.255 e. The summed E-state index contributed by atoms with van der Waals surface area (Å²) in [5, 5.41) is 54.5. The number of fused-ring (bicyclic) bond motifs is 3. The second-order valence-corrected chi connectivity index (χ2v) is 8.64. The van der Waals surface area contributed by atoms with E-state index < -0.39 is 75.1 Å². The largest absolute Gasteiger partial charge is 0.508 e. The van der Waals surface area contributed by atoms with E-state index in [4.69, 9.17) is 11.5 Å². The summed E-state index contributed by atoms with van der Waals surface area (Å²) in [7, 11) is 2.94. The van der Waals surface area contributed by atoms with Gasteiger partial charge in [0.1, 0.15) is 28.6 Å². The molecule has 5 atom stereocenters. The van der Waals surface area contributed by atoms with E-state index in [-0.39, 0.29) is 17.5 Å². The Morgan fingerprint density at radius 3 is 2.34 bits per heavy atom. The Bertz CT molecular complexity index is 1150. The first-order valence-corrected chi connectivity index (χ1v) is 9.76. The van der Waals surface area contributed by atoms with Crippen LogP contribution in [0.2, 0.25) is 0 Å². The van der Waals surface area contributed by atoms with Crippen molar-refractivity contribution >= 4 is 23.2 Å². The van der Waals surface area contributed by atoms with Gasteiger partial charge in [-0.15, -0.1) is 0 Å². The molecule has 1 amide bonds. The lowest BCUT2D eigenvalue weighted by molar-refractivity contribution is -0.159. The Morgan fingerprint density at radius 2 is 1.78 bits per heavy atom. The second-order valence-electron chi connectivity index (χ2n) is 8.64. The average molecular weight is 445 g/mol. The minimum Gasteiger partial charge on any atom is -0.508 e. The van der Waals surface area contributed by atoms with Gasteiger partial charge in [-0.25, -0.2) is 0 Å². The molecule has 170 valence electrons. The van der Waals surface area contributed by atoms with Gasteiger partial charge in [0.05, 0.1) is 11.6 Å². The van der Waals surface area contributed by atoms with E-state index in [0.29, 0.717) is 0 Å². The zero-order valence-electron chi connectivity index (χ0n) is 17.2. The monoisotopic (exact) mass is 445 g/mol. The Balaban J connectivity index is 2.05. The van der Waals surface area contributed by atoms with Gasteiger partial charge in [0, 0.05) is 23.0 Å². The molecule has 1 aromatic carbocycles. The number of Topliss-reactive ketones (excluding diaryl/α,β-unsaturated/α-hetero) is 2. The summed E-state index contributed by atoms with van der Waals surface area (Å²) < 4.78 is 0. The number of amides is 1. The Kier molecular flexibility index (Phi) is 4.55. The van der Waals surface area contributed by atoms with Crippen molar-refractivity contribution in [2.45, 2.75) is 23.8 Å². The molecule has 1 saturated carbocycles. The molecule has 1 aromatic rings. The lowest BCUT2D eigenvalue weighted by Gasteiger charge is -2.52. The highest BCUT2D eigenvalue weighted by atomic mass is 16.3. The van der Waals surface area contributed by atoms with Gasteiger partial charge in [-0.05, 0) is 26.6 Å². The van der Waals surface area contributed by atoms with Crippen LogP contribution in [0.3, 0.4) is 0 Å². The third-order valence-electron chi connectivity index (χ3n) is 6.76. The molecule has 11 heteroatoms. The lowest BCUT2D eigenvalue weighted by Crippen LogP contribution is -2.67. The first-order valence-electron chi connectivity index (χ1n) is 9.76. The number of hydrogen-bond acceptors (Lipinski definition) is 10. The third-order valence-corrected chi connectivity index (χ3v) is 6.76. The van der Waals surface area contributed by atoms with Crippen LogP contribution in [0.5, 0.6) is 5.75 Å². The Labute approximate surface area is 181 Å². The highest BCUT2D eigenvalue weighted by molar-refractivity contribution is 6.24. The van der Waals surface area contributed by atoms with Gasteiger partial charge >= 0.3 is 0 Å². The van der Waals surface area contributed by atoms with Crippen LogP contribution in [0.25, 0.3) is 5.76 Å². The molecule has 0 saturated heterocycles. The molecular formula is C21H23N3O8. The number of ketones is 2. The molecule has 0 spiro atoms. The highest BCUT2D eigenvalue weighted by Gasteiger charge is 2.66. The molecule has 1 unspecified atom stereocenters. The van der Waals surface area contributed by atoms with E-state index in [1.165, 1.54) is 37.2 Å². The molecule has 0 aliphatic heterocycles. The van der Waals surface area contributed by atoms with E-state index in [9.17, 15) is 39.9 Å². The quantitative estimate of drug-likeness (QED) is 0.207. The first-order chi connectivity index (χ1) is 14.8. The van der Waals surface area contributed by atoms with Crippen LogP contribution < -0.4 is 11.5 Å². The van der Waals surface area contributed by atoms with Gasteiger partial charge in [0.25, 0.3) is 5.91 Å². The van der Waals surface area contributed by atoms with Gasteiger partial charge < -0.3 is 31.3 Å². The predicted octanol–water partition coefficient (Wildman–Crippen LogP) is -1.47. The summed E-state index contributed by atoms with van der Waals surface area (Å²) >= 11 is 0. The number of primary amides is 1. The van der Waals surface area contributed by atoms with Crippen LogP contribution in [-0.2, 0) is 20.1 Å². The van der Waals surface area contributed by atoms with Crippen molar-refractivity contribution in [1.29, 1.82) is 0 Å². The number of phenolic OH excluding ortho intramolecular Hbond substituents is 1. The topological polar surface area (TPSA) is 208 Å². The molecule has 11 nitrogen and oxygen atoms in total. The molecule has 0 aromatic heterocycles. The number of likely N-dealkylation sites (N-methyl/N-ethyl adjacent to an activating group) is 1. The maximum atomic E-state index is 13.6. The summed E-state index contributed by atoms with van der Waals surface area (Å²) in [5.74, 6) is -8.55. The van der Waals surface area contributed by atoms with E-state index in [0.717, 1.165) is 0 Å². The van der Waals surface area contributed by atoms with Crippen molar-refractivity contribution in [3.05, 3.63) is 46.2 Å². The summed E-state index contributed by atoms with van der Waals surface area (Å²) in [6.45, 7) is 0. The SMILES string of the molecule is CN(C)[C@@H]1C(=O)C(C(N)=O)=C(O)[C@@]2(O)C(=O)C3=C(O)c4c(O)cccc4C(N)(O)[C@H]3C[C@@H]12. The highest BCUT2D eigenvalue weighted by Crippen LogP contribution is 2.55. The van der Waals surface area contributed by atoms with Crippen LogP contribution >= 0.6 is 0 Å². The maximum absolute atomic E-state index is 13.6. The maximum Gasteiger partial charge on any atom is 0.255 e. The average Bonchev–Trinajstić information content (AvgIpc) is 2.68. The Hall–Kier alpha value is -3.25. The number of carbonyl (C=O) groups is 3. The number of benzene rings is 1. The van der Waals surface area contributed by atoms with Crippen molar-refractivity contribution in [1.82, 2.24) is 4.90 Å². The van der Waals surface area contributed by atoms with Gasteiger partial charge in [0.2, 0.25) is 5.78 Å². The molecule has 4 rings (SSSR count). The zero-order valence-corrected chi connectivity index (χ0v) is 17.2. The number of carbonyl (C=O) groups excluding carboxylic acids is 3. The number of phenols is 1. The van der Waals surface area contributed by atoms with Crippen LogP contribution in [0.4, 0.5) is 0 Å². The molecule has 3 aliphatic rings. The number of nitrogens with zero attached hydrogens (tertiary/aromatic N) is 1. The van der Waals surface area contributed by atoms with Gasteiger partial charge in [-0.1, -0.05) is 12.1 Å². The van der Waals surface area contributed by atoms with Crippen molar-refractivity contribution in [2.24, 2.45) is 23.3 Å². The first kappa shape index (κ1) is 22.0. The summed E-state index contributed by atoms with van der Waals surface area (Å²) in [6.07, 6.45) is -0.325. The van der Waals surface area contributed by atoms with Gasteiger partial charge in [0.15, 0.2) is 11.4 Å². The van der Waals surface area contributed by atoms with Crippen molar-refractivity contribution in [2.75, 3.05) is 14.1 Å². The minimum atomic E-state index is -2.80. The van der Waals surface area contributed by atoms with Gasteiger partial charge in [-0.3, -0.25) is 25.0 Å². The van der Waals surface area contributed by atoms with E-state index in [2.05, 4.69) is 0 Å². The van der Waals surface area contributed by atoms with Gasteiger partial charge in [-0.2, -0.15) is 0 Å². The fraction of sp³-hybridized carbons (Fsp3) is 0.381.